The Morgan fingerprint density at radius 3 is 2.81 bits per heavy atom. The van der Waals surface area contributed by atoms with E-state index in [0.29, 0.717) is 17.5 Å². The van der Waals surface area contributed by atoms with Crippen molar-refractivity contribution in [3.63, 3.8) is 0 Å². The lowest BCUT2D eigenvalue weighted by Gasteiger charge is -2.04. The molecule has 0 aliphatic rings. The van der Waals surface area contributed by atoms with Crippen LogP contribution < -0.4 is 5.32 Å². The van der Waals surface area contributed by atoms with Gasteiger partial charge in [0.25, 0.3) is 0 Å². The van der Waals surface area contributed by atoms with Crippen molar-refractivity contribution in [1.82, 2.24) is 9.97 Å². The Morgan fingerprint density at radius 1 is 1.25 bits per heavy atom. The Balaban J connectivity index is 1.99. The first kappa shape index (κ1) is 10.7. The van der Waals surface area contributed by atoms with Crippen LogP contribution in [0.25, 0.3) is 0 Å². The summed E-state index contributed by atoms with van der Waals surface area (Å²) in [5.41, 5.74) is 0.819. The maximum Gasteiger partial charge on any atom is 0.133 e. The summed E-state index contributed by atoms with van der Waals surface area (Å²) in [6.07, 6.45) is 1.41. The highest BCUT2D eigenvalue weighted by molar-refractivity contribution is 6.29. The van der Waals surface area contributed by atoms with E-state index in [-0.39, 0.29) is 5.75 Å². The van der Waals surface area contributed by atoms with Crippen LogP contribution in [0.3, 0.4) is 0 Å². The van der Waals surface area contributed by atoms with E-state index in [9.17, 15) is 0 Å². The molecule has 0 aliphatic carbocycles. The number of anilines is 1. The molecule has 4 nitrogen and oxygen atoms in total. The van der Waals surface area contributed by atoms with Crippen molar-refractivity contribution in [2.45, 2.75) is 6.54 Å². The second kappa shape index (κ2) is 4.81. The molecular formula is C11H10ClN3O. The van der Waals surface area contributed by atoms with Gasteiger partial charge in [-0.15, -0.1) is 0 Å². The number of halogens is 1. The number of hydrogen-bond acceptors (Lipinski definition) is 4. The lowest BCUT2D eigenvalue weighted by Crippen LogP contribution is -2.02. The third kappa shape index (κ3) is 2.84. The normalized spacial score (nSPS) is 10.1. The van der Waals surface area contributed by atoms with E-state index in [4.69, 9.17) is 16.7 Å². The summed E-state index contributed by atoms with van der Waals surface area (Å²) < 4.78 is 0. The monoisotopic (exact) mass is 235 g/mol. The van der Waals surface area contributed by atoms with Crippen molar-refractivity contribution >= 4 is 17.4 Å². The van der Waals surface area contributed by atoms with Gasteiger partial charge in [-0.25, -0.2) is 4.98 Å². The minimum Gasteiger partial charge on any atom is -0.506 e. The quantitative estimate of drug-likeness (QED) is 0.803. The van der Waals surface area contributed by atoms with Crippen LogP contribution in [0.2, 0.25) is 5.15 Å². The van der Waals surface area contributed by atoms with E-state index in [1.165, 1.54) is 6.20 Å². The lowest BCUT2D eigenvalue weighted by atomic mass is 10.3. The van der Waals surface area contributed by atoms with Crippen molar-refractivity contribution in [2.75, 3.05) is 5.32 Å². The third-order valence-electron chi connectivity index (χ3n) is 1.97. The average Bonchev–Trinajstić information content (AvgIpc) is 2.28. The van der Waals surface area contributed by atoms with Crippen molar-refractivity contribution < 1.29 is 5.11 Å². The summed E-state index contributed by atoms with van der Waals surface area (Å²) in [5, 5.41) is 12.6. The number of aromatic hydroxyl groups is 1. The van der Waals surface area contributed by atoms with E-state index in [1.54, 1.807) is 18.2 Å². The lowest BCUT2D eigenvalue weighted by molar-refractivity contribution is 0.472. The van der Waals surface area contributed by atoms with E-state index in [2.05, 4.69) is 15.3 Å². The third-order valence-corrected chi connectivity index (χ3v) is 2.19. The number of nitrogens with one attached hydrogen (secondary N) is 1. The second-order valence-electron chi connectivity index (χ2n) is 3.21. The van der Waals surface area contributed by atoms with Gasteiger partial charge in [0.1, 0.15) is 16.7 Å². The molecule has 0 aromatic carbocycles. The molecule has 16 heavy (non-hydrogen) atoms. The number of pyridine rings is 2. The molecule has 82 valence electrons. The minimum atomic E-state index is 0.157. The zero-order chi connectivity index (χ0) is 11.4. The van der Waals surface area contributed by atoms with Gasteiger partial charge in [0.2, 0.25) is 0 Å². The zero-order valence-corrected chi connectivity index (χ0v) is 9.15. The highest BCUT2D eigenvalue weighted by atomic mass is 35.5. The van der Waals surface area contributed by atoms with Gasteiger partial charge in [-0.05, 0) is 24.3 Å². The Kier molecular flexibility index (Phi) is 3.22. The topological polar surface area (TPSA) is 58.0 Å². The molecule has 0 unspecified atom stereocenters. The maximum atomic E-state index is 9.07. The summed E-state index contributed by atoms with van der Waals surface area (Å²) in [6.45, 7) is 0.535. The van der Waals surface area contributed by atoms with Crippen LogP contribution in [-0.2, 0) is 6.54 Å². The van der Waals surface area contributed by atoms with E-state index >= 15 is 0 Å². The van der Waals surface area contributed by atoms with Crippen molar-refractivity contribution in [3.05, 3.63) is 47.4 Å². The highest BCUT2D eigenvalue weighted by Crippen LogP contribution is 2.11. The molecular weight excluding hydrogens is 226 g/mol. The largest absolute Gasteiger partial charge is 0.506 e. The fourth-order valence-electron chi connectivity index (χ4n) is 1.21. The van der Waals surface area contributed by atoms with E-state index in [1.807, 2.05) is 12.1 Å². The second-order valence-corrected chi connectivity index (χ2v) is 3.59. The number of aromatic nitrogens is 2. The SMILES string of the molecule is Oc1ccc(CNc2cccc(Cl)n2)nc1. The van der Waals surface area contributed by atoms with Gasteiger partial charge in [0.05, 0.1) is 18.4 Å². The molecule has 0 amide bonds. The van der Waals surface area contributed by atoms with Gasteiger partial charge in [0, 0.05) is 0 Å². The molecule has 0 saturated carbocycles. The zero-order valence-electron chi connectivity index (χ0n) is 8.39. The molecule has 2 aromatic heterocycles. The van der Waals surface area contributed by atoms with Crippen molar-refractivity contribution in [3.8, 4) is 5.75 Å². The molecule has 0 atom stereocenters. The van der Waals surface area contributed by atoms with Gasteiger partial charge in [-0.2, -0.15) is 0 Å². The summed E-state index contributed by atoms with van der Waals surface area (Å²) in [6, 6.07) is 8.70. The Bertz CT molecular complexity index is 473. The fourth-order valence-corrected chi connectivity index (χ4v) is 1.37. The van der Waals surface area contributed by atoms with Crippen molar-refractivity contribution in [1.29, 1.82) is 0 Å². The smallest absolute Gasteiger partial charge is 0.133 e. The van der Waals surface area contributed by atoms with Crippen LogP contribution in [0.5, 0.6) is 5.75 Å². The molecule has 0 spiro atoms. The maximum absolute atomic E-state index is 9.07. The van der Waals surface area contributed by atoms with Gasteiger partial charge >= 0.3 is 0 Å². The average molecular weight is 236 g/mol. The molecule has 0 fully saturated rings. The number of hydrogen-bond donors (Lipinski definition) is 2. The van der Waals surface area contributed by atoms with E-state index < -0.39 is 0 Å². The van der Waals surface area contributed by atoms with Crippen LogP contribution in [0, 0.1) is 0 Å². The van der Waals surface area contributed by atoms with Crippen LogP contribution in [0.1, 0.15) is 5.69 Å². The van der Waals surface area contributed by atoms with Gasteiger partial charge in [-0.1, -0.05) is 17.7 Å². The minimum absolute atomic E-state index is 0.157. The van der Waals surface area contributed by atoms with Crippen LogP contribution >= 0.6 is 11.6 Å². The van der Waals surface area contributed by atoms with Gasteiger partial charge in [0.15, 0.2) is 0 Å². The van der Waals surface area contributed by atoms with Crippen LogP contribution in [-0.4, -0.2) is 15.1 Å². The van der Waals surface area contributed by atoms with Crippen LogP contribution in [0.15, 0.2) is 36.5 Å². The predicted octanol–water partition coefficient (Wildman–Crippen LogP) is 2.45. The Labute approximate surface area is 97.9 Å². The molecule has 5 heteroatoms. The molecule has 0 bridgehead atoms. The Morgan fingerprint density at radius 2 is 2.12 bits per heavy atom. The summed E-state index contributed by atoms with van der Waals surface area (Å²) >= 11 is 5.75. The predicted molar refractivity (Wildman–Crippen MR) is 62.5 cm³/mol. The Hall–Kier alpha value is -1.81. The first-order valence-corrected chi connectivity index (χ1v) is 5.12. The summed E-state index contributed by atoms with van der Waals surface area (Å²) in [7, 11) is 0. The molecule has 2 heterocycles. The molecule has 0 aliphatic heterocycles. The standard InChI is InChI=1S/C11H10ClN3O/c12-10-2-1-3-11(15-10)14-6-8-4-5-9(16)7-13-8/h1-5,7,16H,6H2,(H,14,15). The van der Waals surface area contributed by atoms with Crippen molar-refractivity contribution in [2.24, 2.45) is 0 Å². The summed E-state index contributed by atoms with van der Waals surface area (Å²) in [5.74, 6) is 0.854. The molecule has 0 radical (unpaired) electrons. The van der Waals surface area contributed by atoms with Gasteiger partial charge in [-0.3, -0.25) is 4.98 Å². The highest BCUT2D eigenvalue weighted by Gasteiger charge is 1.97. The molecule has 2 aromatic rings. The first-order chi connectivity index (χ1) is 7.74. The first-order valence-electron chi connectivity index (χ1n) is 4.74. The molecule has 2 N–H and O–H groups in total. The fraction of sp³-hybridized carbons (Fsp3) is 0.0909. The van der Waals surface area contributed by atoms with Crippen LogP contribution in [0.4, 0.5) is 5.82 Å². The van der Waals surface area contributed by atoms with E-state index in [0.717, 1.165) is 5.69 Å². The van der Waals surface area contributed by atoms with Gasteiger partial charge < -0.3 is 10.4 Å². The molecule has 2 rings (SSSR count). The molecule has 0 saturated heterocycles. The summed E-state index contributed by atoms with van der Waals surface area (Å²) in [4.78, 5) is 8.13. The number of rotatable bonds is 3. The number of nitrogens with zero attached hydrogens (tertiary/aromatic N) is 2.